The Morgan fingerprint density at radius 1 is 1.43 bits per heavy atom. The van der Waals surface area contributed by atoms with Crippen molar-refractivity contribution in [3.8, 4) is 0 Å². The van der Waals surface area contributed by atoms with Crippen LogP contribution in [0, 0.1) is 10.1 Å². The average molecular weight is 293 g/mol. The van der Waals surface area contributed by atoms with E-state index in [1.807, 2.05) is 0 Å². The van der Waals surface area contributed by atoms with E-state index in [4.69, 9.17) is 10.6 Å². The van der Waals surface area contributed by atoms with E-state index in [-0.39, 0.29) is 17.8 Å². The summed E-state index contributed by atoms with van der Waals surface area (Å²) in [6, 6.07) is 3.09. The molecule has 2 aliphatic rings. The molecule has 1 aliphatic carbocycles. The smallest absolute Gasteiger partial charge is 0.276 e. The summed E-state index contributed by atoms with van der Waals surface area (Å²) in [7, 11) is 0. The minimum absolute atomic E-state index is 0.00759. The van der Waals surface area contributed by atoms with Gasteiger partial charge in [0.1, 0.15) is 11.6 Å². The number of nitrogens with one attached hydrogen (secondary N) is 1. The Kier molecular flexibility index (Phi) is 3.89. The first kappa shape index (κ1) is 14.0. The van der Waals surface area contributed by atoms with Crippen molar-refractivity contribution in [3.05, 3.63) is 22.2 Å². The molecule has 0 amide bonds. The Balaban J connectivity index is 1.94. The minimum atomic E-state index is -0.426. The van der Waals surface area contributed by atoms with Crippen LogP contribution in [0.15, 0.2) is 12.1 Å². The standard InChI is InChI=1S/C13H19N5O3/c14-16-12-7-9(18(19)20)8-13(15-12)17-5-6-21-11-4-2-1-3-10(11)17/h7-8,10-11H,1-6,14H2,(H,15,16). The number of hydrazine groups is 1. The van der Waals surface area contributed by atoms with Crippen LogP contribution in [-0.2, 0) is 4.74 Å². The first-order valence-corrected chi connectivity index (χ1v) is 7.20. The molecule has 2 unspecified atom stereocenters. The molecular formula is C13H19N5O3. The lowest BCUT2D eigenvalue weighted by Gasteiger charge is -2.44. The third kappa shape index (κ3) is 2.77. The van der Waals surface area contributed by atoms with E-state index in [1.54, 1.807) is 0 Å². The number of anilines is 2. The highest BCUT2D eigenvalue weighted by atomic mass is 16.6. The Bertz CT molecular complexity index is 537. The first-order valence-electron chi connectivity index (χ1n) is 7.20. The lowest BCUT2D eigenvalue weighted by molar-refractivity contribution is -0.384. The molecule has 21 heavy (non-hydrogen) atoms. The molecule has 1 saturated heterocycles. The Hall–Kier alpha value is -1.93. The largest absolute Gasteiger partial charge is 0.374 e. The zero-order valence-electron chi connectivity index (χ0n) is 11.7. The third-order valence-electron chi connectivity index (χ3n) is 4.18. The number of nitrogens with two attached hydrogens (primary N) is 1. The number of fused-ring (bicyclic) bond motifs is 1. The van der Waals surface area contributed by atoms with Gasteiger partial charge in [-0.1, -0.05) is 12.8 Å². The molecule has 2 fully saturated rings. The van der Waals surface area contributed by atoms with Crippen molar-refractivity contribution in [2.45, 2.75) is 37.8 Å². The molecule has 3 N–H and O–H groups in total. The van der Waals surface area contributed by atoms with Gasteiger partial charge >= 0.3 is 0 Å². The molecule has 2 atom stereocenters. The highest BCUT2D eigenvalue weighted by Gasteiger charge is 2.35. The van der Waals surface area contributed by atoms with Crippen molar-refractivity contribution >= 4 is 17.3 Å². The maximum atomic E-state index is 11.1. The van der Waals surface area contributed by atoms with Crippen LogP contribution in [0.4, 0.5) is 17.3 Å². The number of nitro groups is 1. The number of pyridine rings is 1. The average Bonchev–Trinajstić information content (AvgIpc) is 2.53. The van der Waals surface area contributed by atoms with Crippen LogP contribution in [0.2, 0.25) is 0 Å². The lowest BCUT2D eigenvalue weighted by atomic mass is 9.90. The van der Waals surface area contributed by atoms with Gasteiger partial charge in [0.25, 0.3) is 5.69 Å². The summed E-state index contributed by atoms with van der Waals surface area (Å²) in [4.78, 5) is 17.1. The van der Waals surface area contributed by atoms with Crippen molar-refractivity contribution in [3.63, 3.8) is 0 Å². The molecule has 3 rings (SSSR count). The molecule has 1 aromatic rings. The van der Waals surface area contributed by atoms with Gasteiger partial charge in [-0.2, -0.15) is 0 Å². The number of hydrogen-bond donors (Lipinski definition) is 2. The van der Waals surface area contributed by atoms with E-state index in [0.717, 1.165) is 19.3 Å². The predicted octanol–water partition coefficient (Wildman–Crippen LogP) is 1.42. The molecule has 8 nitrogen and oxygen atoms in total. The van der Waals surface area contributed by atoms with E-state index in [2.05, 4.69) is 15.3 Å². The number of morpholine rings is 1. The molecule has 0 radical (unpaired) electrons. The fourth-order valence-corrected chi connectivity index (χ4v) is 3.21. The second-order valence-corrected chi connectivity index (χ2v) is 5.42. The summed E-state index contributed by atoms with van der Waals surface area (Å²) in [6.07, 6.45) is 4.59. The van der Waals surface area contributed by atoms with Crippen molar-refractivity contribution in [1.29, 1.82) is 0 Å². The molecule has 2 heterocycles. The van der Waals surface area contributed by atoms with Gasteiger partial charge in [0, 0.05) is 6.54 Å². The summed E-state index contributed by atoms with van der Waals surface area (Å²) in [5.74, 6) is 6.27. The van der Waals surface area contributed by atoms with Gasteiger partial charge in [-0.15, -0.1) is 0 Å². The normalized spacial score (nSPS) is 25.3. The zero-order chi connectivity index (χ0) is 14.8. The summed E-state index contributed by atoms with van der Waals surface area (Å²) in [6.45, 7) is 1.32. The number of nitrogens with zero attached hydrogens (tertiary/aromatic N) is 3. The molecular weight excluding hydrogens is 274 g/mol. The Labute approximate surface area is 122 Å². The van der Waals surface area contributed by atoms with Crippen molar-refractivity contribution < 1.29 is 9.66 Å². The summed E-state index contributed by atoms with van der Waals surface area (Å²) in [5.41, 5.74) is 2.39. The predicted molar refractivity (Wildman–Crippen MR) is 78.0 cm³/mol. The van der Waals surface area contributed by atoms with Crippen LogP contribution < -0.4 is 16.2 Å². The topological polar surface area (TPSA) is 107 Å². The number of ether oxygens (including phenoxy) is 1. The third-order valence-corrected chi connectivity index (χ3v) is 4.18. The fourth-order valence-electron chi connectivity index (χ4n) is 3.21. The van der Waals surface area contributed by atoms with Gasteiger partial charge in [0.15, 0.2) is 0 Å². The summed E-state index contributed by atoms with van der Waals surface area (Å²) in [5, 5.41) is 11.1. The maximum absolute atomic E-state index is 11.1. The van der Waals surface area contributed by atoms with E-state index in [1.165, 1.54) is 18.6 Å². The maximum Gasteiger partial charge on any atom is 0.276 e. The van der Waals surface area contributed by atoms with Crippen molar-refractivity contribution in [2.75, 3.05) is 23.5 Å². The van der Waals surface area contributed by atoms with E-state index < -0.39 is 4.92 Å². The SMILES string of the molecule is NNc1cc([N+](=O)[O-])cc(N2CCOC3CCCCC32)n1. The van der Waals surface area contributed by atoms with Crippen LogP contribution in [0.3, 0.4) is 0 Å². The van der Waals surface area contributed by atoms with Gasteiger partial charge in [0.05, 0.1) is 35.8 Å². The number of hydrogen-bond acceptors (Lipinski definition) is 7. The molecule has 1 aliphatic heterocycles. The summed E-state index contributed by atoms with van der Waals surface area (Å²) < 4.78 is 5.82. The van der Waals surface area contributed by atoms with Gasteiger partial charge in [0.2, 0.25) is 0 Å². The number of rotatable bonds is 3. The second kappa shape index (κ2) is 5.82. The monoisotopic (exact) mass is 293 g/mol. The minimum Gasteiger partial charge on any atom is -0.374 e. The van der Waals surface area contributed by atoms with Gasteiger partial charge in [-0.25, -0.2) is 10.8 Å². The van der Waals surface area contributed by atoms with Crippen LogP contribution in [-0.4, -0.2) is 35.2 Å². The first-order chi connectivity index (χ1) is 10.2. The van der Waals surface area contributed by atoms with E-state index in [9.17, 15) is 10.1 Å². The molecule has 0 bridgehead atoms. The molecule has 1 saturated carbocycles. The van der Waals surface area contributed by atoms with E-state index in [0.29, 0.717) is 24.8 Å². The molecule has 8 heteroatoms. The van der Waals surface area contributed by atoms with Crippen molar-refractivity contribution in [1.82, 2.24) is 4.98 Å². The molecule has 1 aromatic heterocycles. The Morgan fingerprint density at radius 3 is 3.00 bits per heavy atom. The number of aromatic nitrogens is 1. The van der Waals surface area contributed by atoms with Crippen LogP contribution in [0.5, 0.6) is 0 Å². The van der Waals surface area contributed by atoms with E-state index >= 15 is 0 Å². The van der Waals surface area contributed by atoms with Crippen LogP contribution in [0.25, 0.3) is 0 Å². The quantitative estimate of drug-likeness (QED) is 0.493. The highest BCUT2D eigenvalue weighted by molar-refractivity contribution is 5.56. The Morgan fingerprint density at radius 2 is 2.24 bits per heavy atom. The summed E-state index contributed by atoms with van der Waals surface area (Å²) >= 11 is 0. The van der Waals surface area contributed by atoms with Crippen molar-refractivity contribution in [2.24, 2.45) is 5.84 Å². The molecule has 114 valence electrons. The van der Waals surface area contributed by atoms with Gasteiger partial charge < -0.3 is 15.1 Å². The fraction of sp³-hybridized carbons (Fsp3) is 0.615. The number of nitrogen functional groups attached to an aromatic ring is 1. The van der Waals surface area contributed by atoms with Crippen LogP contribution in [0.1, 0.15) is 25.7 Å². The molecule has 0 spiro atoms. The second-order valence-electron chi connectivity index (χ2n) is 5.42. The van der Waals surface area contributed by atoms with Gasteiger partial charge in [-0.3, -0.25) is 10.1 Å². The highest BCUT2D eigenvalue weighted by Crippen LogP contribution is 2.33. The molecule has 0 aromatic carbocycles. The van der Waals surface area contributed by atoms with Crippen LogP contribution >= 0.6 is 0 Å². The lowest BCUT2D eigenvalue weighted by Crippen LogP contribution is -2.53. The van der Waals surface area contributed by atoms with Gasteiger partial charge in [-0.05, 0) is 12.8 Å². The zero-order valence-corrected chi connectivity index (χ0v) is 11.7.